The third-order valence-electron chi connectivity index (χ3n) is 4.13. The zero-order valence-corrected chi connectivity index (χ0v) is 12.8. The van der Waals surface area contributed by atoms with Crippen molar-refractivity contribution in [2.24, 2.45) is 13.0 Å². The molecule has 0 radical (unpaired) electrons. The predicted molar refractivity (Wildman–Crippen MR) is 81.3 cm³/mol. The first-order valence-corrected chi connectivity index (χ1v) is 7.37. The van der Waals surface area contributed by atoms with Gasteiger partial charge in [0.15, 0.2) is 0 Å². The largest absolute Gasteiger partial charge is 0.391 e. The molecule has 2 aromatic heterocycles. The van der Waals surface area contributed by atoms with Gasteiger partial charge >= 0.3 is 0 Å². The van der Waals surface area contributed by atoms with Crippen molar-refractivity contribution >= 4 is 5.91 Å². The fraction of sp³-hybridized carbons (Fsp3) is 0.375. The molecule has 118 valence electrons. The minimum atomic E-state index is -0.586. The maximum atomic E-state index is 12.6. The van der Waals surface area contributed by atoms with Crippen LogP contribution in [0.1, 0.15) is 21.7 Å². The number of nitrogens with zero attached hydrogens (tertiary/aromatic N) is 5. The molecule has 0 unspecified atom stereocenters. The lowest BCUT2D eigenvalue weighted by molar-refractivity contribution is 0.0755. The Morgan fingerprint density at radius 1 is 1.48 bits per heavy atom. The summed E-state index contributed by atoms with van der Waals surface area (Å²) >= 11 is 0. The average Bonchev–Trinajstić information content (AvgIpc) is 3.11. The third kappa shape index (κ3) is 3.07. The molecule has 2 aromatic rings. The van der Waals surface area contributed by atoms with Gasteiger partial charge in [0.25, 0.3) is 5.91 Å². The molecular weight excluding hydrogens is 294 g/mol. The predicted octanol–water partition coefficient (Wildman–Crippen LogP) is 0.362. The van der Waals surface area contributed by atoms with Crippen LogP contribution >= 0.6 is 0 Å². The summed E-state index contributed by atoms with van der Waals surface area (Å²) in [6, 6.07) is 3.60. The Morgan fingerprint density at radius 3 is 2.96 bits per heavy atom. The van der Waals surface area contributed by atoms with Crippen molar-refractivity contribution in [1.82, 2.24) is 19.4 Å². The minimum Gasteiger partial charge on any atom is -0.391 e. The molecule has 2 atom stereocenters. The van der Waals surface area contributed by atoms with Crippen molar-refractivity contribution in [3.63, 3.8) is 0 Å². The van der Waals surface area contributed by atoms with Gasteiger partial charge in [-0.05, 0) is 12.5 Å². The van der Waals surface area contributed by atoms with Crippen LogP contribution in [0.2, 0.25) is 0 Å². The van der Waals surface area contributed by atoms with Crippen LogP contribution in [-0.4, -0.2) is 49.6 Å². The van der Waals surface area contributed by atoms with E-state index in [0.29, 0.717) is 24.2 Å². The summed E-state index contributed by atoms with van der Waals surface area (Å²) in [5.74, 6) is -0.235. The summed E-state index contributed by atoms with van der Waals surface area (Å²) in [5.41, 5.74) is 1.71. The maximum Gasteiger partial charge on any atom is 0.270 e. The van der Waals surface area contributed by atoms with E-state index in [9.17, 15) is 9.90 Å². The van der Waals surface area contributed by atoms with Gasteiger partial charge in [-0.1, -0.05) is 0 Å². The number of carbonyl (C=O) groups excluding carboxylic acids is 1. The topological polar surface area (TPSA) is 95.0 Å². The van der Waals surface area contributed by atoms with Crippen molar-refractivity contribution in [2.45, 2.75) is 12.5 Å². The molecular formula is C16H17N5O2. The summed E-state index contributed by atoms with van der Waals surface area (Å²) in [6.07, 6.45) is 6.51. The number of nitriles is 1. The van der Waals surface area contributed by atoms with Gasteiger partial charge in [0.2, 0.25) is 0 Å². The first-order chi connectivity index (χ1) is 11.1. The minimum absolute atomic E-state index is 0.0636. The number of aryl methyl sites for hydroxylation is 1. The summed E-state index contributed by atoms with van der Waals surface area (Å²) < 4.78 is 1.64. The summed E-state index contributed by atoms with van der Waals surface area (Å²) in [5, 5.41) is 19.2. The molecule has 0 spiro atoms. The van der Waals surface area contributed by atoms with Crippen LogP contribution in [0.15, 0.2) is 30.9 Å². The number of hydrogen-bond donors (Lipinski definition) is 1. The highest BCUT2D eigenvalue weighted by Gasteiger charge is 2.35. The van der Waals surface area contributed by atoms with Crippen LogP contribution in [0.25, 0.3) is 0 Å². The molecule has 1 fully saturated rings. The quantitative estimate of drug-likeness (QED) is 0.883. The number of carbonyl (C=O) groups is 1. The average molecular weight is 311 g/mol. The van der Waals surface area contributed by atoms with E-state index in [1.807, 2.05) is 6.07 Å². The number of hydrogen-bond acceptors (Lipinski definition) is 5. The SMILES string of the molecule is Cn1cc(C#N)cc1C(=O)N1C[C@@H](Cc2cnccn2)[C@H](O)C1. The number of aliphatic hydroxyl groups excluding tert-OH is 1. The Bertz CT molecular complexity index is 750. The second-order valence-electron chi connectivity index (χ2n) is 5.78. The Morgan fingerprint density at radius 2 is 2.30 bits per heavy atom. The van der Waals surface area contributed by atoms with E-state index < -0.39 is 6.10 Å². The summed E-state index contributed by atoms with van der Waals surface area (Å²) in [7, 11) is 1.73. The van der Waals surface area contributed by atoms with E-state index in [2.05, 4.69) is 9.97 Å². The molecule has 1 N–H and O–H groups in total. The van der Waals surface area contributed by atoms with Gasteiger partial charge in [0, 0.05) is 50.8 Å². The molecule has 3 rings (SSSR count). The lowest BCUT2D eigenvalue weighted by Gasteiger charge is -2.16. The normalized spacial score (nSPS) is 20.5. The number of aromatic nitrogens is 3. The van der Waals surface area contributed by atoms with E-state index in [0.717, 1.165) is 5.69 Å². The summed E-state index contributed by atoms with van der Waals surface area (Å²) in [4.78, 5) is 22.5. The molecule has 7 heteroatoms. The Kier molecular flexibility index (Phi) is 4.08. The molecule has 23 heavy (non-hydrogen) atoms. The zero-order chi connectivity index (χ0) is 16.4. The van der Waals surface area contributed by atoms with Crippen LogP contribution in [-0.2, 0) is 13.5 Å². The highest BCUT2D eigenvalue weighted by Crippen LogP contribution is 2.22. The van der Waals surface area contributed by atoms with Crippen molar-refractivity contribution in [2.75, 3.05) is 13.1 Å². The molecule has 7 nitrogen and oxygen atoms in total. The maximum absolute atomic E-state index is 12.6. The number of rotatable bonds is 3. The molecule has 0 bridgehead atoms. The fourth-order valence-electron chi connectivity index (χ4n) is 2.92. The van der Waals surface area contributed by atoms with E-state index >= 15 is 0 Å². The van der Waals surface area contributed by atoms with E-state index in [1.54, 1.807) is 47.4 Å². The van der Waals surface area contributed by atoms with Gasteiger partial charge in [0.1, 0.15) is 11.8 Å². The van der Waals surface area contributed by atoms with Crippen LogP contribution in [0, 0.1) is 17.2 Å². The lowest BCUT2D eigenvalue weighted by Crippen LogP contribution is -2.31. The van der Waals surface area contributed by atoms with Gasteiger partial charge < -0.3 is 14.6 Å². The van der Waals surface area contributed by atoms with Crippen molar-refractivity contribution in [3.05, 3.63) is 47.8 Å². The Hall–Kier alpha value is -2.72. The monoisotopic (exact) mass is 311 g/mol. The first-order valence-electron chi connectivity index (χ1n) is 7.37. The second-order valence-corrected chi connectivity index (χ2v) is 5.78. The third-order valence-corrected chi connectivity index (χ3v) is 4.13. The lowest BCUT2D eigenvalue weighted by atomic mass is 10.0. The van der Waals surface area contributed by atoms with Crippen LogP contribution in [0.5, 0.6) is 0 Å². The Balaban J connectivity index is 1.71. The van der Waals surface area contributed by atoms with Gasteiger partial charge in [0.05, 0.1) is 17.4 Å². The van der Waals surface area contributed by atoms with Crippen molar-refractivity contribution < 1.29 is 9.90 Å². The molecule has 0 aliphatic carbocycles. The Labute approximate surface area is 133 Å². The van der Waals surface area contributed by atoms with E-state index in [-0.39, 0.29) is 18.4 Å². The highest BCUT2D eigenvalue weighted by molar-refractivity contribution is 5.93. The highest BCUT2D eigenvalue weighted by atomic mass is 16.3. The van der Waals surface area contributed by atoms with Gasteiger partial charge in [-0.2, -0.15) is 5.26 Å². The molecule has 0 saturated carbocycles. The van der Waals surface area contributed by atoms with Crippen molar-refractivity contribution in [3.8, 4) is 6.07 Å². The van der Waals surface area contributed by atoms with Gasteiger partial charge in [-0.3, -0.25) is 14.8 Å². The molecule has 1 aliphatic rings. The second kappa shape index (κ2) is 6.18. The molecule has 1 saturated heterocycles. The van der Waals surface area contributed by atoms with Crippen LogP contribution in [0.3, 0.4) is 0 Å². The zero-order valence-electron chi connectivity index (χ0n) is 12.8. The summed E-state index contributed by atoms with van der Waals surface area (Å²) in [6.45, 7) is 0.750. The van der Waals surface area contributed by atoms with Crippen LogP contribution in [0.4, 0.5) is 0 Å². The number of likely N-dealkylation sites (tertiary alicyclic amines) is 1. The van der Waals surface area contributed by atoms with E-state index in [1.165, 1.54) is 0 Å². The van der Waals surface area contributed by atoms with E-state index in [4.69, 9.17) is 5.26 Å². The molecule has 1 amide bonds. The first kappa shape index (κ1) is 15.2. The smallest absolute Gasteiger partial charge is 0.270 e. The fourth-order valence-corrected chi connectivity index (χ4v) is 2.92. The van der Waals surface area contributed by atoms with Gasteiger partial charge in [-0.15, -0.1) is 0 Å². The number of β-amino-alcohol motifs (C(OH)–C–C–N with tert-alkyl or cyclic N) is 1. The molecule has 3 heterocycles. The standard InChI is InChI=1S/C16H17N5O2/c1-20-8-11(6-17)4-14(20)16(23)21-9-12(15(22)10-21)5-13-7-18-2-3-19-13/h2-4,7-8,12,15,22H,5,9-10H2,1H3/t12-,15-/m1/s1. The van der Waals surface area contributed by atoms with Gasteiger partial charge in [-0.25, -0.2) is 0 Å². The molecule has 0 aromatic carbocycles. The number of amides is 1. The molecule has 1 aliphatic heterocycles. The van der Waals surface area contributed by atoms with Crippen molar-refractivity contribution in [1.29, 1.82) is 5.26 Å². The number of aliphatic hydroxyl groups is 1. The van der Waals surface area contributed by atoms with Crippen LogP contribution < -0.4 is 0 Å².